The van der Waals surface area contributed by atoms with E-state index in [4.69, 9.17) is 16.7 Å². The Morgan fingerprint density at radius 2 is 2.19 bits per heavy atom. The second kappa shape index (κ2) is 7.56. The van der Waals surface area contributed by atoms with Crippen LogP contribution in [0.3, 0.4) is 0 Å². The van der Waals surface area contributed by atoms with E-state index >= 15 is 0 Å². The molecule has 0 spiro atoms. The van der Waals surface area contributed by atoms with Crippen molar-refractivity contribution < 1.29 is 23.1 Å². The molecule has 0 aliphatic heterocycles. The molecule has 0 saturated heterocycles. The molecule has 1 N–H and O–H groups in total. The van der Waals surface area contributed by atoms with Gasteiger partial charge in [0.1, 0.15) is 4.90 Å². The van der Waals surface area contributed by atoms with E-state index in [0.29, 0.717) is 0 Å². The normalized spacial score (nSPS) is 11.4. The first-order valence-corrected chi connectivity index (χ1v) is 7.80. The highest BCUT2D eigenvalue weighted by molar-refractivity contribution is 7.89. The third kappa shape index (κ3) is 4.04. The number of hydrogen-bond donors (Lipinski definition) is 1. The molecular formula is C13H16ClNO5S. The topological polar surface area (TPSA) is 83.9 Å². The molecule has 1 aromatic carbocycles. The number of carbonyl (C=O) groups excluding carboxylic acids is 1. The molecule has 8 heteroatoms. The number of ether oxygens (including phenoxy) is 1. The lowest BCUT2D eigenvalue weighted by Crippen LogP contribution is -2.34. The van der Waals surface area contributed by atoms with Crippen LogP contribution in [-0.4, -0.2) is 50.6 Å². The smallest absolute Gasteiger partial charge is 0.337 e. The van der Waals surface area contributed by atoms with E-state index in [0.717, 1.165) is 10.4 Å². The third-order valence-corrected chi connectivity index (χ3v) is 5.00. The summed E-state index contributed by atoms with van der Waals surface area (Å²) in [6.07, 6.45) is 1.39. The molecule has 0 saturated carbocycles. The van der Waals surface area contributed by atoms with Crippen molar-refractivity contribution in [3.8, 4) is 0 Å². The van der Waals surface area contributed by atoms with Gasteiger partial charge in [-0.1, -0.05) is 17.7 Å². The summed E-state index contributed by atoms with van der Waals surface area (Å²) < 4.78 is 30.6. The second-order valence-corrected chi connectivity index (χ2v) is 6.33. The van der Waals surface area contributed by atoms with E-state index in [-0.39, 0.29) is 35.2 Å². The van der Waals surface area contributed by atoms with Crippen LogP contribution in [0.5, 0.6) is 0 Å². The zero-order valence-corrected chi connectivity index (χ0v) is 13.0. The van der Waals surface area contributed by atoms with Gasteiger partial charge in [-0.25, -0.2) is 13.2 Å². The van der Waals surface area contributed by atoms with Gasteiger partial charge in [-0.2, -0.15) is 4.31 Å². The largest absolute Gasteiger partial charge is 0.465 e. The van der Waals surface area contributed by atoms with Gasteiger partial charge in [0.25, 0.3) is 0 Å². The minimum Gasteiger partial charge on any atom is -0.465 e. The van der Waals surface area contributed by atoms with Crippen LogP contribution in [0, 0.1) is 0 Å². The number of halogens is 1. The molecule has 0 fully saturated rings. The summed E-state index contributed by atoms with van der Waals surface area (Å²) in [5.41, 5.74) is 0.0722. The van der Waals surface area contributed by atoms with Crippen molar-refractivity contribution in [3.05, 3.63) is 41.4 Å². The number of aliphatic hydroxyl groups excluding tert-OH is 1. The van der Waals surface area contributed by atoms with E-state index in [9.17, 15) is 13.2 Å². The van der Waals surface area contributed by atoms with Crippen molar-refractivity contribution in [3.63, 3.8) is 0 Å². The van der Waals surface area contributed by atoms with Crippen LogP contribution in [0.15, 0.2) is 35.7 Å². The van der Waals surface area contributed by atoms with E-state index in [1.807, 2.05) is 0 Å². The average molecular weight is 334 g/mol. The van der Waals surface area contributed by atoms with Gasteiger partial charge < -0.3 is 9.84 Å². The molecule has 1 rings (SSSR count). The van der Waals surface area contributed by atoms with Crippen LogP contribution in [0.4, 0.5) is 0 Å². The van der Waals surface area contributed by atoms with Gasteiger partial charge in [0, 0.05) is 13.1 Å². The summed E-state index contributed by atoms with van der Waals surface area (Å²) in [5, 5.41) is 8.96. The van der Waals surface area contributed by atoms with Gasteiger partial charge in [-0.05, 0) is 18.2 Å². The molecule has 0 aromatic heterocycles. The molecule has 1 aromatic rings. The fraction of sp³-hybridized carbons (Fsp3) is 0.308. The first-order valence-electron chi connectivity index (χ1n) is 5.98. The number of hydrogen-bond acceptors (Lipinski definition) is 5. The van der Waals surface area contributed by atoms with E-state index in [1.165, 1.54) is 25.3 Å². The molecule has 0 amide bonds. The first kappa shape index (κ1) is 17.6. The van der Waals surface area contributed by atoms with Crippen LogP contribution in [0.1, 0.15) is 10.4 Å². The predicted molar refractivity (Wildman–Crippen MR) is 78.8 cm³/mol. The van der Waals surface area contributed by atoms with Crippen molar-refractivity contribution in [1.29, 1.82) is 0 Å². The van der Waals surface area contributed by atoms with Gasteiger partial charge >= 0.3 is 5.97 Å². The molecule has 21 heavy (non-hydrogen) atoms. The van der Waals surface area contributed by atoms with Crippen LogP contribution < -0.4 is 0 Å². The number of carbonyl (C=O) groups is 1. The molecule has 0 radical (unpaired) electrons. The number of nitrogens with zero attached hydrogens (tertiary/aromatic N) is 1. The number of benzene rings is 1. The SMILES string of the molecule is C=CCN(CCO)S(=O)(=O)c1cc(C(=O)OC)ccc1Cl. The van der Waals surface area contributed by atoms with Crippen molar-refractivity contribution in [2.24, 2.45) is 0 Å². The minimum atomic E-state index is -3.96. The summed E-state index contributed by atoms with van der Waals surface area (Å²) >= 11 is 5.93. The number of rotatable bonds is 7. The summed E-state index contributed by atoms with van der Waals surface area (Å²) in [6, 6.07) is 3.83. The number of esters is 1. The lowest BCUT2D eigenvalue weighted by atomic mass is 10.2. The molecule has 6 nitrogen and oxygen atoms in total. The maximum atomic E-state index is 12.5. The average Bonchev–Trinajstić information content (AvgIpc) is 2.46. The van der Waals surface area contributed by atoms with E-state index in [1.54, 1.807) is 0 Å². The molecule has 0 aliphatic rings. The van der Waals surface area contributed by atoms with Crippen LogP contribution in [-0.2, 0) is 14.8 Å². The van der Waals surface area contributed by atoms with Gasteiger partial charge in [0.2, 0.25) is 10.0 Å². The Balaban J connectivity index is 3.34. The van der Waals surface area contributed by atoms with Crippen molar-refractivity contribution >= 4 is 27.6 Å². The Morgan fingerprint density at radius 1 is 1.52 bits per heavy atom. The number of sulfonamides is 1. The standard InChI is InChI=1S/C13H16ClNO5S/c1-3-6-15(7-8-16)21(18,19)12-9-10(13(17)20-2)4-5-11(12)14/h3-5,9,16H,1,6-8H2,2H3. The molecule has 116 valence electrons. The Labute approximate surface area is 128 Å². The fourth-order valence-electron chi connectivity index (χ4n) is 1.65. The molecule has 0 bridgehead atoms. The molecule has 0 atom stereocenters. The third-order valence-electron chi connectivity index (χ3n) is 2.65. The van der Waals surface area contributed by atoms with Gasteiger partial charge in [0.15, 0.2) is 0 Å². The highest BCUT2D eigenvalue weighted by Gasteiger charge is 2.26. The van der Waals surface area contributed by atoms with E-state index in [2.05, 4.69) is 11.3 Å². The number of aliphatic hydroxyl groups is 1. The Morgan fingerprint density at radius 3 is 2.71 bits per heavy atom. The van der Waals surface area contributed by atoms with E-state index < -0.39 is 16.0 Å². The lowest BCUT2D eigenvalue weighted by Gasteiger charge is -2.20. The molecular weight excluding hydrogens is 318 g/mol. The summed E-state index contributed by atoms with van der Waals surface area (Å²) in [5.74, 6) is -0.666. The number of methoxy groups -OCH3 is 1. The monoisotopic (exact) mass is 333 g/mol. The summed E-state index contributed by atoms with van der Waals surface area (Å²) in [4.78, 5) is 11.3. The maximum absolute atomic E-state index is 12.5. The first-order chi connectivity index (χ1) is 9.88. The van der Waals surface area contributed by atoms with Gasteiger partial charge in [0.05, 0.1) is 24.3 Å². The minimum absolute atomic E-state index is 0.0155. The summed E-state index contributed by atoms with van der Waals surface area (Å²) in [7, 11) is -2.76. The summed E-state index contributed by atoms with van der Waals surface area (Å²) in [6.45, 7) is 3.04. The zero-order valence-electron chi connectivity index (χ0n) is 11.5. The molecule has 0 unspecified atom stereocenters. The fourth-order valence-corrected chi connectivity index (χ4v) is 3.55. The predicted octanol–water partition coefficient (Wildman–Crippen LogP) is 1.30. The van der Waals surface area contributed by atoms with Crippen molar-refractivity contribution in [1.82, 2.24) is 4.31 Å². The lowest BCUT2D eigenvalue weighted by molar-refractivity contribution is 0.0600. The molecule has 0 aliphatic carbocycles. The Kier molecular flexibility index (Phi) is 6.35. The Hall–Kier alpha value is -1.41. The van der Waals surface area contributed by atoms with Crippen LogP contribution >= 0.6 is 11.6 Å². The highest BCUT2D eigenvalue weighted by atomic mass is 35.5. The highest BCUT2D eigenvalue weighted by Crippen LogP contribution is 2.26. The van der Waals surface area contributed by atoms with Gasteiger partial charge in [-0.15, -0.1) is 6.58 Å². The quantitative estimate of drug-likeness (QED) is 0.600. The molecule has 0 heterocycles. The Bertz CT molecular complexity index is 629. The zero-order chi connectivity index (χ0) is 16.0. The second-order valence-electron chi connectivity index (χ2n) is 4.01. The van der Waals surface area contributed by atoms with Gasteiger partial charge in [-0.3, -0.25) is 0 Å². The maximum Gasteiger partial charge on any atom is 0.337 e. The van der Waals surface area contributed by atoms with Crippen molar-refractivity contribution in [2.75, 3.05) is 26.8 Å². The van der Waals surface area contributed by atoms with Crippen molar-refractivity contribution in [2.45, 2.75) is 4.90 Å². The van der Waals surface area contributed by atoms with Crippen LogP contribution in [0.25, 0.3) is 0 Å². The van der Waals surface area contributed by atoms with Crippen LogP contribution in [0.2, 0.25) is 5.02 Å².